The normalized spacial score (nSPS) is 20.9. The van der Waals surface area contributed by atoms with Crippen molar-refractivity contribution < 1.29 is 27.6 Å². The van der Waals surface area contributed by atoms with Crippen LogP contribution < -0.4 is 5.32 Å². The molecule has 1 aromatic heterocycles. The smallest absolute Gasteiger partial charge is 0.413 e. The molecule has 0 radical (unpaired) electrons. The van der Waals surface area contributed by atoms with E-state index >= 15 is 0 Å². The summed E-state index contributed by atoms with van der Waals surface area (Å²) in [6.07, 6.45) is -0.417. The number of nitrogens with zero attached hydrogens (tertiary/aromatic N) is 2. The van der Waals surface area contributed by atoms with Crippen LogP contribution in [0.2, 0.25) is 0 Å². The minimum Gasteiger partial charge on any atom is -0.444 e. The van der Waals surface area contributed by atoms with Crippen LogP contribution in [0.25, 0.3) is 0 Å². The summed E-state index contributed by atoms with van der Waals surface area (Å²) in [7, 11) is 0. The van der Waals surface area contributed by atoms with E-state index in [9.17, 15) is 18.4 Å². The molecule has 33 heavy (non-hydrogen) atoms. The third-order valence-electron chi connectivity index (χ3n) is 5.22. The Hall–Kier alpha value is -2.75. The summed E-state index contributed by atoms with van der Waals surface area (Å²) in [5, 5.41) is 6.53. The number of amides is 1. The molecule has 0 spiro atoms. The van der Waals surface area contributed by atoms with Crippen molar-refractivity contribution in [3.05, 3.63) is 51.9 Å². The van der Waals surface area contributed by atoms with E-state index in [0.717, 1.165) is 5.56 Å². The number of Topliss-reactive ketones (excluding diaryl/α,β-unsaturated/α-hetero) is 1. The van der Waals surface area contributed by atoms with E-state index in [2.05, 4.69) is 15.5 Å². The highest BCUT2D eigenvalue weighted by Crippen LogP contribution is 2.49. The van der Waals surface area contributed by atoms with Gasteiger partial charge < -0.3 is 9.26 Å². The fourth-order valence-electron chi connectivity index (χ4n) is 3.79. The molecule has 0 bridgehead atoms. The summed E-state index contributed by atoms with van der Waals surface area (Å²) in [5.74, 6) is -1.70. The van der Waals surface area contributed by atoms with Crippen LogP contribution in [-0.4, -0.2) is 27.8 Å². The van der Waals surface area contributed by atoms with Gasteiger partial charge in [-0.15, -0.1) is 0 Å². The SMILES string of the molecule is CC(=O)c1cc(C2(C)CC(c3c(C)noc3C)SC(NC(=O)OC(C)(C)C)=N2)c(F)cc1F. The first kappa shape index (κ1) is 24.9. The van der Waals surface area contributed by atoms with Gasteiger partial charge in [0.2, 0.25) is 0 Å². The van der Waals surface area contributed by atoms with Crippen molar-refractivity contribution in [2.75, 3.05) is 0 Å². The van der Waals surface area contributed by atoms with Crippen molar-refractivity contribution in [2.45, 2.75) is 71.3 Å². The number of aryl methyl sites for hydroxylation is 2. The molecule has 7 nitrogen and oxygen atoms in total. The Morgan fingerprint density at radius 3 is 2.45 bits per heavy atom. The number of rotatable bonds is 3. The number of amidine groups is 1. The van der Waals surface area contributed by atoms with Crippen molar-refractivity contribution >= 4 is 28.8 Å². The third kappa shape index (κ3) is 5.43. The van der Waals surface area contributed by atoms with Gasteiger partial charge in [-0.3, -0.25) is 15.1 Å². The number of carbonyl (C=O) groups excluding carboxylic acids is 2. The van der Waals surface area contributed by atoms with Crippen LogP contribution in [-0.2, 0) is 10.3 Å². The largest absolute Gasteiger partial charge is 0.444 e. The number of alkyl carbamates (subject to hydrolysis) is 1. The molecule has 1 aromatic carbocycles. The molecular formula is C23H27F2N3O4S. The molecule has 2 unspecified atom stereocenters. The highest BCUT2D eigenvalue weighted by atomic mass is 32.2. The molecule has 1 N–H and O–H groups in total. The Bertz CT molecular complexity index is 1120. The zero-order valence-corrected chi connectivity index (χ0v) is 20.4. The second-order valence-corrected chi connectivity index (χ2v) is 10.4. The monoisotopic (exact) mass is 479 g/mol. The summed E-state index contributed by atoms with van der Waals surface area (Å²) < 4.78 is 39.8. The lowest BCUT2D eigenvalue weighted by Crippen LogP contribution is -2.39. The molecule has 3 rings (SSSR count). The van der Waals surface area contributed by atoms with Crippen molar-refractivity contribution in [2.24, 2.45) is 4.99 Å². The first-order valence-electron chi connectivity index (χ1n) is 10.4. The molecule has 2 aromatic rings. The summed E-state index contributed by atoms with van der Waals surface area (Å²) in [5.41, 5.74) is -0.660. The fourth-order valence-corrected chi connectivity index (χ4v) is 5.32. The zero-order chi connectivity index (χ0) is 24.7. The van der Waals surface area contributed by atoms with Gasteiger partial charge in [0.25, 0.3) is 0 Å². The Morgan fingerprint density at radius 2 is 1.91 bits per heavy atom. The van der Waals surface area contributed by atoms with Gasteiger partial charge in [-0.05, 0) is 61.0 Å². The van der Waals surface area contributed by atoms with Crippen LogP contribution >= 0.6 is 11.8 Å². The van der Waals surface area contributed by atoms with E-state index in [4.69, 9.17) is 9.26 Å². The molecule has 0 fully saturated rings. The number of ketones is 1. The number of carbonyl (C=O) groups is 2. The number of hydrogen-bond donors (Lipinski definition) is 1. The van der Waals surface area contributed by atoms with E-state index in [1.807, 2.05) is 0 Å². The molecule has 1 aliphatic rings. The molecule has 2 atom stereocenters. The number of hydrogen-bond acceptors (Lipinski definition) is 7. The maximum atomic E-state index is 15.0. The van der Waals surface area contributed by atoms with Crippen LogP contribution in [0.4, 0.5) is 13.6 Å². The minimum absolute atomic E-state index is 0.0506. The third-order valence-corrected chi connectivity index (χ3v) is 6.32. The van der Waals surface area contributed by atoms with Crippen molar-refractivity contribution in [1.82, 2.24) is 10.5 Å². The van der Waals surface area contributed by atoms with Gasteiger partial charge >= 0.3 is 6.09 Å². The second-order valence-electron chi connectivity index (χ2n) is 9.23. The highest BCUT2D eigenvalue weighted by molar-refractivity contribution is 8.14. The van der Waals surface area contributed by atoms with E-state index in [0.29, 0.717) is 23.9 Å². The summed E-state index contributed by atoms with van der Waals surface area (Å²) in [6, 6.07) is 1.89. The average Bonchev–Trinajstić information content (AvgIpc) is 2.97. The molecule has 178 valence electrons. The average molecular weight is 480 g/mol. The number of aliphatic imine (C=N–C) groups is 1. The van der Waals surface area contributed by atoms with Crippen molar-refractivity contribution in [3.63, 3.8) is 0 Å². The predicted molar refractivity (Wildman–Crippen MR) is 121 cm³/mol. The van der Waals surface area contributed by atoms with Gasteiger partial charge in [-0.1, -0.05) is 16.9 Å². The number of benzene rings is 1. The lowest BCUT2D eigenvalue weighted by molar-refractivity contribution is 0.0564. The number of aromatic nitrogens is 1. The Morgan fingerprint density at radius 1 is 1.24 bits per heavy atom. The maximum Gasteiger partial charge on any atom is 0.413 e. The molecule has 10 heteroatoms. The minimum atomic E-state index is -1.22. The summed E-state index contributed by atoms with van der Waals surface area (Å²) in [4.78, 5) is 28.9. The van der Waals surface area contributed by atoms with Crippen LogP contribution in [0.3, 0.4) is 0 Å². The molecule has 0 saturated carbocycles. The van der Waals surface area contributed by atoms with Crippen LogP contribution in [0, 0.1) is 25.5 Å². The van der Waals surface area contributed by atoms with E-state index in [1.165, 1.54) is 24.8 Å². The molecule has 1 amide bonds. The summed E-state index contributed by atoms with van der Waals surface area (Å²) in [6.45, 7) is 11.7. The van der Waals surface area contributed by atoms with Gasteiger partial charge in [0.1, 0.15) is 23.0 Å². The van der Waals surface area contributed by atoms with Gasteiger partial charge in [0, 0.05) is 22.4 Å². The van der Waals surface area contributed by atoms with Gasteiger partial charge in [-0.2, -0.15) is 0 Å². The topological polar surface area (TPSA) is 93.8 Å². The zero-order valence-electron chi connectivity index (χ0n) is 19.6. The fraction of sp³-hybridized carbons (Fsp3) is 0.478. The number of nitrogens with one attached hydrogen (secondary N) is 1. The standard InChI is InChI=1S/C23H27F2N3O4S/c1-11-19(13(3)32-28-11)18-10-23(7,15-8-14(12(2)29)16(24)9-17(15)25)27-20(33-18)26-21(30)31-22(4,5)6/h8-9,18H,10H2,1-7H3,(H,26,27,30). The van der Waals surface area contributed by atoms with Gasteiger partial charge in [0.05, 0.1) is 16.8 Å². The van der Waals surface area contributed by atoms with Crippen LogP contribution in [0.5, 0.6) is 0 Å². The second kappa shape index (κ2) is 8.89. The number of ether oxygens (including phenoxy) is 1. The molecule has 1 aliphatic heterocycles. The van der Waals surface area contributed by atoms with Crippen molar-refractivity contribution in [1.29, 1.82) is 0 Å². The van der Waals surface area contributed by atoms with Crippen molar-refractivity contribution in [3.8, 4) is 0 Å². The molecular weight excluding hydrogens is 452 g/mol. The highest BCUT2D eigenvalue weighted by Gasteiger charge is 2.41. The number of thioether (sulfide) groups is 1. The predicted octanol–water partition coefficient (Wildman–Crippen LogP) is 5.75. The maximum absolute atomic E-state index is 15.0. The van der Waals surface area contributed by atoms with E-state index < -0.39 is 34.7 Å². The van der Waals surface area contributed by atoms with E-state index in [-0.39, 0.29) is 21.5 Å². The molecule has 0 saturated heterocycles. The van der Waals surface area contributed by atoms with Gasteiger partial charge in [-0.25, -0.2) is 13.6 Å². The quantitative estimate of drug-likeness (QED) is 0.564. The Kier molecular flexibility index (Phi) is 6.70. The lowest BCUT2D eigenvalue weighted by atomic mass is 9.84. The lowest BCUT2D eigenvalue weighted by Gasteiger charge is -2.36. The van der Waals surface area contributed by atoms with Crippen LogP contribution in [0.15, 0.2) is 21.6 Å². The van der Waals surface area contributed by atoms with Crippen LogP contribution in [0.1, 0.15) is 79.2 Å². The Labute approximate surface area is 195 Å². The molecule has 2 heterocycles. The first-order chi connectivity index (χ1) is 15.2. The Balaban J connectivity index is 2.10. The summed E-state index contributed by atoms with van der Waals surface area (Å²) >= 11 is 1.26. The molecule has 0 aliphatic carbocycles. The van der Waals surface area contributed by atoms with E-state index in [1.54, 1.807) is 41.5 Å². The van der Waals surface area contributed by atoms with Gasteiger partial charge in [0.15, 0.2) is 11.0 Å². The first-order valence-corrected chi connectivity index (χ1v) is 11.3. The number of halogens is 2.